The molecule has 1 aliphatic heterocycles. The highest BCUT2D eigenvalue weighted by molar-refractivity contribution is 5.98. The predicted molar refractivity (Wildman–Crippen MR) is 82.8 cm³/mol. The van der Waals surface area contributed by atoms with Gasteiger partial charge in [-0.2, -0.15) is 0 Å². The van der Waals surface area contributed by atoms with Crippen molar-refractivity contribution in [3.05, 3.63) is 23.5 Å². The van der Waals surface area contributed by atoms with Crippen LogP contribution in [-0.4, -0.2) is 48.1 Å². The first-order valence-corrected chi connectivity index (χ1v) is 7.99. The number of aromatic nitrogens is 1. The molecule has 4 heteroatoms. The lowest BCUT2D eigenvalue weighted by molar-refractivity contribution is 0.0323. The lowest BCUT2D eigenvalue weighted by Crippen LogP contribution is -2.39. The Balaban J connectivity index is 1.78. The van der Waals surface area contributed by atoms with E-state index in [4.69, 9.17) is 4.74 Å². The van der Waals surface area contributed by atoms with Gasteiger partial charge < -0.3 is 9.30 Å². The maximum Gasteiger partial charge on any atom is 0.165 e. The lowest BCUT2D eigenvalue weighted by atomic mass is 9.76. The van der Waals surface area contributed by atoms with E-state index in [9.17, 15) is 4.79 Å². The van der Waals surface area contributed by atoms with E-state index in [1.807, 2.05) is 6.07 Å². The number of nitrogens with zero attached hydrogens (tertiary/aromatic N) is 2. The van der Waals surface area contributed by atoms with Crippen molar-refractivity contribution in [1.29, 1.82) is 0 Å². The number of fused-ring (bicyclic) bond motifs is 1. The van der Waals surface area contributed by atoms with Crippen LogP contribution in [0.15, 0.2) is 12.3 Å². The smallest absolute Gasteiger partial charge is 0.165 e. The van der Waals surface area contributed by atoms with Gasteiger partial charge in [-0.05, 0) is 24.8 Å². The third-order valence-corrected chi connectivity index (χ3v) is 4.71. The molecule has 21 heavy (non-hydrogen) atoms. The van der Waals surface area contributed by atoms with Gasteiger partial charge in [-0.1, -0.05) is 13.8 Å². The molecule has 1 aromatic heterocycles. The highest BCUT2D eigenvalue weighted by Crippen LogP contribution is 2.36. The van der Waals surface area contributed by atoms with Crippen molar-refractivity contribution in [2.24, 2.45) is 5.41 Å². The van der Waals surface area contributed by atoms with E-state index in [1.165, 1.54) is 5.69 Å². The van der Waals surface area contributed by atoms with Crippen LogP contribution >= 0.6 is 0 Å². The number of carbonyl (C=O) groups is 1. The highest BCUT2D eigenvalue weighted by atomic mass is 16.5. The molecule has 0 saturated carbocycles. The molecule has 1 atom stereocenters. The molecule has 2 heterocycles. The summed E-state index contributed by atoms with van der Waals surface area (Å²) in [5.74, 6) is 0.304. The zero-order valence-electron chi connectivity index (χ0n) is 13.4. The second kappa shape index (κ2) is 5.58. The largest absolute Gasteiger partial charge is 0.379 e. The van der Waals surface area contributed by atoms with Crippen LogP contribution in [0.4, 0.5) is 0 Å². The van der Waals surface area contributed by atoms with E-state index >= 15 is 0 Å². The Morgan fingerprint density at radius 2 is 2.00 bits per heavy atom. The molecule has 0 bridgehead atoms. The zero-order chi connectivity index (χ0) is 15.0. The van der Waals surface area contributed by atoms with E-state index < -0.39 is 0 Å². The first-order valence-electron chi connectivity index (χ1n) is 7.99. The standard InChI is InChI=1S/C17H26N2O2/c1-13(12-18-6-8-21-9-7-18)19-5-4-14-15(19)10-17(2,3)11-16(14)20/h4-5,13H,6-12H2,1-3H3. The second-order valence-electron chi connectivity index (χ2n) is 7.29. The quantitative estimate of drug-likeness (QED) is 0.858. The third-order valence-electron chi connectivity index (χ3n) is 4.71. The summed E-state index contributed by atoms with van der Waals surface area (Å²) in [4.78, 5) is 14.7. The number of hydrogen-bond donors (Lipinski definition) is 0. The molecule has 0 radical (unpaired) electrons. The molecular formula is C17H26N2O2. The van der Waals surface area contributed by atoms with Gasteiger partial charge in [0.05, 0.1) is 13.2 Å². The van der Waals surface area contributed by atoms with Gasteiger partial charge in [-0.15, -0.1) is 0 Å². The number of Topliss-reactive ketones (excluding diaryl/α,β-unsaturated/α-hetero) is 1. The van der Waals surface area contributed by atoms with Gasteiger partial charge in [0.1, 0.15) is 0 Å². The molecule has 4 nitrogen and oxygen atoms in total. The molecule has 1 fully saturated rings. The fourth-order valence-electron chi connectivity index (χ4n) is 3.62. The van der Waals surface area contributed by atoms with Crippen LogP contribution in [0.25, 0.3) is 0 Å². The minimum absolute atomic E-state index is 0.0822. The normalized spacial score (nSPS) is 23.9. The summed E-state index contributed by atoms with van der Waals surface area (Å²) in [5, 5.41) is 0. The molecule has 2 aliphatic rings. The number of ketones is 1. The fourth-order valence-corrected chi connectivity index (χ4v) is 3.62. The Hall–Kier alpha value is -1.13. The Bertz CT molecular complexity index is 527. The first kappa shape index (κ1) is 14.8. The molecule has 116 valence electrons. The van der Waals surface area contributed by atoms with Crippen LogP contribution in [0.2, 0.25) is 0 Å². The van der Waals surface area contributed by atoms with Gasteiger partial charge in [-0.3, -0.25) is 9.69 Å². The lowest BCUT2D eigenvalue weighted by Gasteiger charge is -2.33. The molecule has 0 N–H and O–H groups in total. The number of morpholine rings is 1. The summed E-state index contributed by atoms with van der Waals surface area (Å²) in [6.07, 6.45) is 3.77. The Labute approximate surface area is 127 Å². The van der Waals surface area contributed by atoms with Crippen LogP contribution in [-0.2, 0) is 11.2 Å². The summed E-state index contributed by atoms with van der Waals surface area (Å²) >= 11 is 0. The Morgan fingerprint density at radius 3 is 2.71 bits per heavy atom. The van der Waals surface area contributed by atoms with Crippen molar-refractivity contribution in [2.45, 2.75) is 39.7 Å². The summed E-state index contributed by atoms with van der Waals surface area (Å²) in [6, 6.07) is 2.41. The second-order valence-corrected chi connectivity index (χ2v) is 7.29. The molecule has 1 aliphatic carbocycles. The van der Waals surface area contributed by atoms with Gasteiger partial charge >= 0.3 is 0 Å². The predicted octanol–water partition coefficient (Wildman–Crippen LogP) is 2.54. The fraction of sp³-hybridized carbons (Fsp3) is 0.706. The first-order chi connectivity index (χ1) is 9.96. The molecule has 0 amide bonds. The summed E-state index contributed by atoms with van der Waals surface area (Å²) in [7, 11) is 0. The van der Waals surface area contributed by atoms with E-state index in [-0.39, 0.29) is 5.41 Å². The van der Waals surface area contributed by atoms with Gasteiger partial charge in [0.25, 0.3) is 0 Å². The Kier molecular flexibility index (Phi) is 3.93. The van der Waals surface area contributed by atoms with Crippen molar-refractivity contribution in [2.75, 3.05) is 32.8 Å². The highest BCUT2D eigenvalue weighted by Gasteiger charge is 2.33. The molecule has 0 aromatic carbocycles. The topological polar surface area (TPSA) is 34.5 Å². The minimum atomic E-state index is 0.0822. The van der Waals surface area contributed by atoms with Crippen molar-refractivity contribution >= 4 is 5.78 Å². The molecule has 1 unspecified atom stereocenters. The van der Waals surface area contributed by atoms with Crippen molar-refractivity contribution < 1.29 is 9.53 Å². The van der Waals surface area contributed by atoms with Crippen LogP contribution < -0.4 is 0 Å². The van der Waals surface area contributed by atoms with E-state index in [0.717, 1.165) is 44.8 Å². The summed E-state index contributed by atoms with van der Waals surface area (Å²) in [5.41, 5.74) is 2.26. The van der Waals surface area contributed by atoms with Gasteiger partial charge in [0.15, 0.2) is 5.78 Å². The number of carbonyl (C=O) groups excluding carboxylic acids is 1. The average molecular weight is 290 g/mol. The van der Waals surface area contributed by atoms with E-state index in [1.54, 1.807) is 0 Å². The van der Waals surface area contributed by atoms with Gasteiger partial charge in [-0.25, -0.2) is 0 Å². The average Bonchev–Trinajstić information content (AvgIpc) is 2.82. The Morgan fingerprint density at radius 1 is 1.29 bits per heavy atom. The van der Waals surface area contributed by atoms with Crippen LogP contribution in [0.3, 0.4) is 0 Å². The molecule has 0 spiro atoms. The maximum atomic E-state index is 12.3. The van der Waals surface area contributed by atoms with E-state index in [0.29, 0.717) is 18.2 Å². The summed E-state index contributed by atoms with van der Waals surface area (Å²) in [6.45, 7) is 11.4. The minimum Gasteiger partial charge on any atom is -0.379 e. The monoisotopic (exact) mass is 290 g/mol. The number of hydrogen-bond acceptors (Lipinski definition) is 3. The molecule has 3 rings (SSSR count). The molecule has 1 aromatic rings. The van der Waals surface area contributed by atoms with Crippen molar-refractivity contribution in [3.63, 3.8) is 0 Å². The van der Waals surface area contributed by atoms with Gasteiger partial charge in [0, 0.05) is 49.6 Å². The molecular weight excluding hydrogens is 264 g/mol. The summed E-state index contributed by atoms with van der Waals surface area (Å²) < 4.78 is 7.73. The maximum absolute atomic E-state index is 12.3. The number of ether oxygens (including phenoxy) is 1. The van der Waals surface area contributed by atoms with Crippen molar-refractivity contribution in [1.82, 2.24) is 9.47 Å². The van der Waals surface area contributed by atoms with Crippen LogP contribution in [0.5, 0.6) is 0 Å². The van der Waals surface area contributed by atoms with Crippen LogP contribution in [0.1, 0.15) is 49.3 Å². The van der Waals surface area contributed by atoms with E-state index in [2.05, 4.69) is 36.4 Å². The van der Waals surface area contributed by atoms with Crippen molar-refractivity contribution in [3.8, 4) is 0 Å². The van der Waals surface area contributed by atoms with Crippen LogP contribution in [0, 0.1) is 5.41 Å². The van der Waals surface area contributed by atoms with Gasteiger partial charge in [0.2, 0.25) is 0 Å². The zero-order valence-corrected chi connectivity index (χ0v) is 13.4. The number of rotatable bonds is 3. The SMILES string of the molecule is CC(CN1CCOCC1)n1ccc2c1CC(C)(C)CC2=O. The third kappa shape index (κ3) is 3.06. The molecule has 1 saturated heterocycles.